The fourth-order valence-corrected chi connectivity index (χ4v) is 7.83. The summed E-state index contributed by atoms with van der Waals surface area (Å²) in [4.78, 5) is 0. The lowest BCUT2D eigenvalue weighted by Gasteiger charge is -2.26. The Bertz CT molecular complexity index is 877. The highest BCUT2D eigenvalue weighted by atomic mass is 79.9. The molecule has 0 aromatic heterocycles. The Morgan fingerprint density at radius 3 is 1.52 bits per heavy atom. The van der Waals surface area contributed by atoms with Crippen molar-refractivity contribution in [3.8, 4) is 0 Å². The standard InChI is InChI=1S/C28H32OP.BrH/c1-24(14-13-22-28(2,3)29)21-23-30(25-15-7-4-8-16-25,26-17-9-5-10-18-26)27-19-11-6-12-20-27;/h4-21,29H,22-23H2,1-3H3;1H/q+1;/p-1/b14-13+,24-21+;. The maximum atomic E-state index is 9.97. The maximum absolute atomic E-state index is 9.97. The first-order valence-corrected chi connectivity index (χ1v) is 12.5. The van der Waals surface area contributed by atoms with E-state index in [9.17, 15) is 5.11 Å². The SMILES string of the molecule is CC(/C=C/CC(C)(C)O)=C\C[P+](c1ccccc1)(c1ccccc1)c1ccccc1.[Br-]. The van der Waals surface area contributed by atoms with Gasteiger partial charge in [0, 0.05) is 0 Å². The molecule has 0 bridgehead atoms. The summed E-state index contributed by atoms with van der Waals surface area (Å²) in [6, 6.07) is 32.8. The molecule has 3 aromatic carbocycles. The monoisotopic (exact) mass is 494 g/mol. The van der Waals surface area contributed by atoms with Crippen molar-refractivity contribution < 1.29 is 22.1 Å². The van der Waals surface area contributed by atoms with Crippen LogP contribution in [0.2, 0.25) is 0 Å². The van der Waals surface area contributed by atoms with Crippen LogP contribution in [0, 0.1) is 0 Å². The number of aliphatic hydroxyl groups is 1. The Labute approximate surface area is 198 Å². The number of rotatable bonds is 8. The summed E-state index contributed by atoms with van der Waals surface area (Å²) in [7, 11) is -1.83. The fourth-order valence-electron chi connectivity index (χ4n) is 3.69. The number of hydrogen-bond acceptors (Lipinski definition) is 1. The summed E-state index contributed by atoms with van der Waals surface area (Å²) in [6.45, 7) is 5.83. The van der Waals surface area contributed by atoms with Crippen molar-refractivity contribution in [3.63, 3.8) is 0 Å². The van der Waals surface area contributed by atoms with E-state index in [2.05, 4.69) is 116 Å². The summed E-state index contributed by atoms with van der Waals surface area (Å²) in [6.07, 6.45) is 8.17. The van der Waals surface area contributed by atoms with Crippen molar-refractivity contribution in [2.24, 2.45) is 0 Å². The lowest BCUT2D eigenvalue weighted by atomic mass is 10.1. The van der Waals surface area contributed by atoms with Gasteiger partial charge in [-0.3, -0.25) is 0 Å². The van der Waals surface area contributed by atoms with E-state index < -0.39 is 12.9 Å². The van der Waals surface area contributed by atoms with Crippen LogP contribution >= 0.6 is 7.26 Å². The zero-order valence-corrected chi connectivity index (χ0v) is 21.1. The molecule has 0 saturated carbocycles. The van der Waals surface area contributed by atoms with Gasteiger partial charge in [0.05, 0.1) is 11.8 Å². The average Bonchev–Trinajstić information content (AvgIpc) is 2.76. The van der Waals surface area contributed by atoms with Crippen LogP contribution in [0.15, 0.2) is 115 Å². The maximum Gasteiger partial charge on any atom is 0.115 e. The van der Waals surface area contributed by atoms with Gasteiger partial charge >= 0.3 is 0 Å². The van der Waals surface area contributed by atoms with E-state index in [0.717, 1.165) is 6.16 Å². The third-order valence-corrected chi connectivity index (χ3v) is 9.55. The first-order chi connectivity index (χ1) is 14.4. The minimum atomic E-state index is -1.83. The van der Waals surface area contributed by atoms with Gasteiger partial charge < -0.3 is 22.1 Å². The van der Waals surface area contributed by atoms with Gasteiger partial charge in [-0.15, -0.1) is 0 Å². The van der Waals surface area contributed by atoms with Crippen LogP contribution in [0.3, 0.4) is 0 Å². The fraction of sp³-hybridized carbons (Fsp3) is 0.214. The molecule has 0 heterocycles. The van der Waals surface area contributed by atoms with E-state index in [1.54, 1.807) is 0 Å². The Hall–Kier alpha value is -1.99. The second kappa shape index (κ2) is 11.6. The van der Waals surface area contributed by atoms with Gasteiger partial charge in [0.15, 0.2) is 0 Å². The molecule has 0 fully saturated rings. The van der Waals surface area contributed by atoms with Crippen molar-refractivity contribution in [2.45, 2.75) is 32.8 Å². The summed E-state index contributed by atoms with van der Waals surface area (Å²) in [5, 5.41) is 14.2. The molecule has 0 amide bonds. The van der Waals surface area contributed by atoms with Crippen molar-refractivity contribution >= 4 is 23.2 Å². The van der Waals surface area contributed by atoms with Crippen molar-refractivity contribution in [3.05, 3.63) is 115 Å². The molecule has 0 radical (unpaired) electrons. The first-order valence-electron chi connectivity index (χ1n) is 10.5. The van der Waals surface area contributed by atoms with E-state index in [-0.39, 0.29) is 17.0 Å². The zero-order valence-electron chi connectivity index (χ0n) is 18.6. The second-order valence-corrected chi connectivity index (χ2v) is 11.9. The van der Waals surface area contributed by atoms with Gasteiger partial charge in [0.1, 0.15) is 23.2 Å². The van der Waals surface area contributed by atoms with E-state index in [0.29, 0.717) is 6.42 Å². The molecule has 0 saturated heterocycles. The molecule has 3 heteroatoms. The Balaban J connectivity index is 0.00000341. The molecular weight excluding hydrogens is 463 g/mol. The predicted octanol–water partition coefficient (Wildman–Crippen LogP) is 2.65. The van der Waals surface area contributed by atoms with Crippen LogP contribution in [-0.2, 0) is 0 Å². The van der Waals surface area contributed by atoms with Crippen molar-refractivity contribution in [2.75, 3.05) is 6.16 Å². The number of benzene rings is 3. The van der Waals surface area contributed by atoms with Crippen LogP contribution < -0.4 is 32.9 Å². The number of hydrogen-bond donors (Lipinski definition) is 1. The van der Waals surface area contributed by atoms with Crippen molar-refractivity contribution in [1.29, 1.82) is 0 Å². The third-order valence-electron chi connectivity index (χ3n) is 5.28. The minimum absolute atomic E-state index is 0. The topological polar surface area (TPSA) is 20.2 Å². The van der Waals surface area contributed by atoms with Crippen LogP contribution in [-0.4, -0.2) is 16.9 Å². The van der Waals surface area contributed by atoms with Crippen molar-refractivity contribution in [1.82, 2.24) is 0 Å². The Morgan fingerprint density at radius 2 is 1.16 bits per heavy atom. The summed E-state index contributed by atoms with van der Waals surface area (Å²) >= 11 is 0. The molecule has 1 nitrogen and oxygen atoms in total. The smallest absolute Gasteiger partial charge is 0.115 e. The lowest BCUT2D eigenvalue weighted by molar-refractivity contribution is -0.0000139. The highest BCUT2D eigenvalue weighted by Crippen LogP contribution is 2.55. The molecule has 0 aliphatic carbocycles. The molecule has 0 atom stereocenters. The van der Waals surface area contributed by atoms with Crippen LogP contribution in [0.1, 0.15) is 27.2 Å². The molecule has 0 unspecified atom stereocenters. The Morgan fingerprint density at radius 1 is 0.774 bits per heavy atom. The van der Waals surface area contributed by atoms with E-state index in [4.69, 9.17) is 0 Å². The molecule has 3 aromatic rings. The normalized spacial score (nSPS) is 12.6. The highest BCUT2D eigenvalue weighted by Gasteiger charge is 2.44. The molecular formula is C28H32BrOP. The zero-order chi connectivity index (χ0) is 21.5. The quantitative estimate of drug-likeness (QED) is 0.377. The number of allylic oxidation sites excluding steroid dienone is 3. The molecule has 0 aliphatic heterocycles. The molecule has 3 rings (SSSR count). The molecule has 1 N–H and O–H groups in total. The van der Waals surface area contributed by atoms with Crippen LogP contribution in [0.25, 0.3) is 0 Å². The highest BCUT2D eigenvalue weighted by molar-refractivity contribution is 7.95. The van der Waals surface area contributed by atoms with Gasteiger partial charge in [-0.1, -0.05) is 72.3 Å². The molecule has 162 valence electrons. The van der Waals surface area contributed by atoms with Crippen LogP contribution in [0.4, 0.5) is 0 Å². The summed E-state index contributed by atoms with van der Waals surface area (Å²) in [5.41, 5.74) is 0.553. The van der Waals surface area contributed by atoms with Gasteiger partial charge in [-0.25, -0.2) is 0 Å². The Kier molecular flexibility index (Phi) is 9.44. The second-order valence-electron chi connectivity index (χ2n) is 8.37. The summed E-state index contributed by atoms with van der Waals surface area (Å²) in [5.74, 6) is 0. The molecule has 0 spiro atoms. The van der Waals surface area contributed by atoms with Gasteiger partial charge in [0.25, 0.3) is 0 Å². The van der Waals surface area contributed by atoms with Gasteiger partial charge in [-0.2, -0.15) is 0 Å². The minimum Gasteiger partial charge on any atom is -1.00 e. The molecule has 31 heavy (non-hydrogen) atoms. The lowest BCUT2D eigenvalue weighted by Crippen LogP contribution is -3.00. The first kappa shape index (κ1) is 25.3. The predicted molar refractivity (Wildman–Crippen MR) is 134 cm³/mol. The third kappa shape index (κ3) is 6.74. The largest absolute Gasteiger partial charge is 1.00 e. The van der Waals surface area contributed by atoms with E-state index in [1.165, 1.54) is 21.5 Å². The van der Waals surface area contributed by atoms with Gasteiger partial charge in [0.2, 0.25) is 0 Å². The average molecular weight is 495 g/mol. The van der Waals surface area contributed by atoms with E-state index in [1.807, 2.05) is 13.8 Å². The van der Waals surface area contributed by atoms with Crippen LogP contribution in [0.5, 0.6) is 0 Å². The van der Waals surface area contributed by atoms with Gasteiger partial charge in [-0.05, 0) is 69.7 Å². The van der Waals surface area contributed by atoms with E-state index >= 15 is 0 Å². The summed E-state index contributed by atoms with van der Waals surface area (Å²) < 4.78 is 0. The number of halogens is 1. The molecule has 0 aliphatic rings.